The Hall–Kier alpha value is -1.95. The van der Waals surface area contributed by atoms with Crippen molar-refractivity contribution in [2.75, 3.05) is 5.75 Å². The number of carbonyl (C=O) groups is 1. The van der Waals surface area contributed by atoms with E-state index in [4.69, 9.17) is 0 Å². The lowest BCUT2D eigenvalue weighted by molar-refractivity contribution is 0.0950. The van der Waals surface area contributed by atoms with Crippen LogP contribution < -0.4 is 5.32 Å². The van der Waals surface area contributed by atoms with Crippen molar-refractivity contribution in [3.05, 3.63) is 48.2 Å². The topological polar surface area (TPSA) is 67.8 Å². The predicted molar refractivity (Wildman–Crippen MR) is 81.2 cm³/mol. The summed E-state index contributed by atoms with van der Waals surface area (Å²) in [6.07, 6.45) is 9.83. The third kappa shape index (κ3) is 4.26. The molecule has 1 fully saturated rings. The first-order valence-corrected chi connectivity index (χ1v) is 7.94. The Balaban J connectivity index is 1.48. The molecule has 0 spiro atoms. The number of pyridine rings is 1. The fourth-order valence-corrected chi connectivity index (χ4v) is 2.63. The van der Waals surface area contributed by atoms with E-state index in [1.54, 1.807) is 36.5 Å². The fourth-order valence-electron chi connectivity index (χ4n) is 1.82. The Morgan fingerprint density at radius 2 is 2.14 bits per heavy atom. The van der Waals surface area contributed by atoms with E-state index in [1.165, 1.54) is 0 Å². The highest BCUT2D eigenvalue weighted by atomic mass is 32.2. The van der Waals surface area contributed by atoms with Crippen molar-refractivity contribution in [2.45, 2.75) is 30.3 Å². The van der Waals surface area contributed by atoms with Crippen molar-refractivity contribution in [1.82, 2.24) is 20.3 Å². The largest absolute Gasteiger partial charge is 0.349 e. The second kappa shape index (κ2) is 6.67. The number of aromatic nitrogens is 3. The number of aryl methyl sites for hydroxylation is 1. The highest BCUT2D eigenvalue weighted by Crippen LogP contribution is 2.20. The smallest absolute Gasteiger partial charge is 0.253 e. The first-order valence-electron chi connectivity index (χ1n) is 6.96. The van der Waals surface area contributed by atoms with E-state index < -0.39 is 0 Å². The second-order valence-electron chi connectivity index (χ2n) is 4.93. The molecule has 1 aliphatic carbocycles. The fraction of sp³-hybridized carbons (Fsp3) is 0.333. The summed E-state index contributed by atoms with van der Waals surface area (Å²) in [6.45, 7) is 0. The van der Waals surface area contributed by atoms with Crippen LogP contribution in [0.4, 0.5) is 0 Å². The van der Waals surface area contributed by atoms with E-state index in [9.17, 15) is 4.79 Å². The predicted octanol–water partition coefficient (Wildman–Crippen LogP) is 2.10. The number of hydrogen-bond acceptors (Lipinski definition) is 5. The number of rotatable bonds is 6. The number of nitrogens with zero attached hydrogens (tertiary/aromatic N) is 3. The zero-order valence-electron chi connectivity index (χ0n) is 11.5. The third-order valence-corrected chi connectivity index (χ3v) is 4.08. The van der Waals surface area contributed by atoms with Gasteiger partial charge in [0.05, 0.1) is 16.3 Å². The maximum Gasteiger partial charge on any atom is 0.253 e. The lowest BCUT2D eigenvalue weighted by Crippen LogP contribution is -2.25. The SMILES string of the molecule is O=C(NC1CC1)c1ccc(SCCc2cnccn2)nc1. The molecule has 6 heteroatoms. The minimum Gasteiger partial charge on any atom is -0.349 e. The van der Waals surface area contributed by atoms with Crippen molar-refractivity contribution >= 4 is 17.7 Å². The van der Waals surface area contributed by atoms with Crippen LogP contribution >= 0.6 is 11.8 Å². The van der Waals surface area contributed by atoms with Gasteiger partial charge in [-0.15, -0.1) is 11.8 Å². The molecule has 1 saturated carbocycles. The molecule has 0 unspecified atom stereocenters. The summed E-state index contributed by atoms with van der Waals surface area (Å²) in [4.78, 5) is 24.4. The Morgan fingerprint density at radius 1 is 1.24 bits per heavy atom. The third-order valence-electron chi connectivity index (χ3n) is 3.14. The van der Waals surface area contributed by atoms with Crippen molar-refractivity contribution < 1.29 is 4.79 Å². The molecule has 3 rings (SSSR count). The van der Waals surface area contributed by atoms with E-state index >= 15 is 0 Å². The molecule has 0 aliphatic heterocycles. The summed E-state index contributed by atoms with van der Waals surface area (Å²) in [5, 5.41) is 3.87. The van der Waals surface area contributed by atoms with E-state index in [-0.39, 0.29) is 5.91 Å². The number of carbonyl (C=O) groups excluding carboxylic acids is 1. The zero-order valence-corrected chi connectivity index (χ0v) is 12.3. The molecule has 1 amide bonds. The zero-order chi connectivity index (χ0) is 14.5. The summed E-state index contributed by atoms with van der Waals surface area (Å²) >= 11 is 1.65. The van der Waals surface area contributed by atoms with Gasteiger partial charge in [0.15, 0.2) is 0 Å². The van der Waals surface area contributed by atoms with Gasteiger partial charge in [-0.1, -0.05) is 0 Å². The molecule has 5 nitrogen and oxygen atoms in total. The van der Waals surface area contributed by atoms with Gasteiger partial charge in [-0.3, -0.25) is 14.8 Å². The van der Waals surface area contributed by atoms with Crippen molar-refractivity contribution in [3.63, 3.8) is 0 Å². The minimum atomic E-state index is -0.0268. The van der Waals surface area contributed by atoms with Crippen LogP contribution in [0.5, 0.6) is 0 Å². The summed E-state index contributed by atoms with van der Waals surface area (Å²) in [5.41, 5.74) is 1.60. The van der Waals surface area contributed by atoms with Crippen LogP contribution in [0.1, 0.15) is 28.9 Å². The van der Waals surface area contributed by atoms with Crippen molar-refractivity contribution in [2.24, 2.45) is 0 Å². The molecule has 2 aromatic heterocycles. The quantitative estimate of drug-likeness (QED) is 0.827. The monoisotopic (exact) mass is 300 g/mol. The summed E-state index contributed by atoms with van der Waals surface area (Å²) in [6, 6.07) is 4.09. The average Bonchev–Trinajstić information content (AvgIpc) is 3.33. The molecule has 0 saturated heterocycles. The molecule has 0 bridgehead atoms. The van der Waals surface area contributed by atoms with Crippen LogP contribution in [0.15, 0.2) is 41.9 Å². The van der Waals surface area contributed by atoms with Crippen LogP contribution in [-0.4, -0.2) is 32.7 Å². The van der Waals surface area contributed by atoms with Crippen LogP contribution in [0, 0.1) is 0 Å². The van der Waals surface area contributed by atoms with Crippen LogP contribution in [0.25, 0.3) is 0 Å². The first-order chi connectivity index (χ1) is 10.3. The van der Waals surface area contributed by atoms with E-state index in [1.807, 2.05) is 12.1 Å². The number of nitrogens with one attached hydrogen (secondary N) is 1. The molecule has 0 aromatic carbocycles. The van der Waals surface area contributed by atoms with Gasteiger partial charge in [-0.05, 0) is 25.0 Å². The van der Waals surface area contributed by atoms with Gasteiger partial charge in [-0.25, -0.2) is 4.98 Å². The highest BCUT2D eigenvalue weighted by molar-refractivity contribution is 7.99. The molecular weight excluding hydrogens is 284 g/mol. The van der Waals surface area contributed by atoms with E-state index in [0.717, 1.165) is 35.7 Å². The number of amides is 1. The maximum atomic E-state index is 11.8. The van der Waals surface area contributed by atoms with E-state index in [0.29, 0.717) is 11.6 Å². The van der Waals surface area contributed by atoms with Gasteiger partial charge in [0.25, 0.3) is 5.91 Å². The molecule has 108 valence electrons. The molecule has 1 aliphatic rings. The first kappa shape index (κ1) is 14.0. The number of hydrogen-bond donors (Lipinski definition) is 1. The maximum absolute atomic E-state index is 11.8. The summed E-state index contributed by atoms with van der Waals surface area (Å²) in [5.74, 6) is 0.861. The van der Waals surface area contributed by atoms with Gasteiger partial charge in [0, 0.05) is 43.0 Å². The average molecular weight is 300 g/mol. The molecule has 0 atom stereocenters. The molecular formula is C15H16N4OS. The van der Waals surface area contributed by atoms with Crippen LogP contribution in [0.3, 0.4) is 0 Å². The van der Waals surface area contributed by atoms with E-state index in [2.05, 4.69) is 20.3 Å². The Bertz CT molecular complexity index is 599. The normalized spacial score (nSPS) is 13.9. The van der Waals surface area contributed by atoms with Crippen molar-refractivity contribution in [1.29, 1.82) is 0 Å². The van der Waals surface area contributed by atoms with Gasteiger partial charge >= 0.3 is 0 Å². The Morgan fingerprint density at radius 3 is 2.81 bits per heavy atom. The minimum absolute atomic E-state index is 0.0268. The highest BCUT2D eigenvalue weighted by Gasteiger charge is 2.23. The summed E-state index contributed by atoms with van der Waals surface area (Å²) in [7, 11) is 0. The van der Waals surface area contributed by atoms with Gasteiger partial charge in [-0.2, -0.15) is 0 Å². The van der Waals surface area contributed by atoms with Crippen molar-refractivity contribution in [3.8, 4) is 0 Å². The molecule has 1 N–H and O–H groups in total. The van der Waals surface area contributed by atoms with Crippen LogP contribution in [-0.2, 0) is 6.42 Å². The Labute approximate surface area is 127 Å². The molecule has 21 heavy (non-hydrogen) atoms. The Kier molecular flexibility index (Phi) is 4.45. The standard InChI is InChI=1S/C15H16N4OS/c20-15(19-12-2-3-12)11-1-4-14(18-9-11)21-8-5-13-10-16-6-7-17-13/h1,4,6-7,9-10,12H,2-3,5,8H2,(H,19,20). The lowest BCUT2D eigenvalue weighted by Gasteiger charge is -2.04. The number of thioether (sulfide) groups is 1. The van der Waals surface area contributed by atoms with Gasteiger partial charge in [0.2, 0.25) is 0 Å². The summed E-state index contributed by atoms with van der Waals surface area (Å²) < 4.78 is 0. The van der Waals surface area contributed by atoms with Gasteiger partial charge < -0.3 is 5.32 Å². The molecule has 2 aromatic rings. The van der Waals surface area contributed by atoms with Crippen LogP contribution in [0.2, 0.25) is 0 Å². The van der Waals surface area contributed by atoms with Gasteiger partial charge in [0.1, 0.15) is 0 Å². The molecule has 0 radical (unpaired) electrons. The lowest BCUT2D eigenvalue weighted by atomic mass is 10.3. The second-order valence-corrected chi connectivity index (χ2v) is 6.04. The molecule has 2 heterocycles.